The summed E-state index contributed by atoms with van der Waals surface area (Å²) >= 11 is 1.96. The first-order chi connectivity index (χ1) is 9.02. The number of rotatable bonds is 6. The summed E-state index contributed by atoms with van der Waals surface area (Å²) in [7, 11) is 1.64. The Morgan fingerprint density at radius 2 is 2.16 bits per heavy atom. The lowest BCUT2D eigenvalue weighted by Crippen LogP contribution is -2.45. The summed E-state index contributed by atoms with van der Waals surface area (Å²) in [5.41, 5.74) is 0. The smallest absolute Gasteiger partial charge is 0.317 e. The molecule has 2 N–H and O–H groups in total. The van der Waals surface area contributed by atoms with Gasteiger partial charge >= 0.3 is 12.0 Å². The zero-order chi connectivity index (χ0) is 14.3. The number of amides is 2. The second-order valence-corrected chi connectivity index (χ2v) is 6.53. The molecule has 2 amide bonds. The molecule has 0 aromatic carbocycles. The van der Waals surface area contributed by atoms with E-state index in [-0.39, 0.29) is 25.0 Å². The first kappa shape index (κ1) is 16.1. The van der Waals surface area contributed by atoms with Gasteiger partial charge in [0.25, 0.3) is 0 Å². The Hall–Kier alpha value is -0.910. The number of nitrogens with one attached hydrogen (secondary N) is 1. The molecule has 1 rings (SSSR count). The minimum atomic E-state index is -0.878. The highest BCUT2D eigenvalue weighted by Crippen LogP contribution is 2.28. The van der Waals surface area contributed by atoms with E-state index in [4.69, 9.17) is 5.11 Å². The molecule has 0 aromatic heterocycles. The molecule has 6 heteroatoms. The molecule has 1 saturated carbocycles. The van der Waals surface area contributed by atoms with Crippen LogP contribution in [0.3, 0.4) is 0 Å². The minimum absolute atomic E-state index is 0.0110. The van der Waals surface area contributed by atoms with Gasteiger partial charge in [-0.15, -0.1) is 0 Å². The minimum Gasteiger partial charge on any atom is -0.481 e. The maximum absolute atomic E-state index is 11.9. The van der Waals surface area contributed by atoms with Crippen LogP contribution in [0.2, 0.25) is 0 Å². The lowest BCUT2D eigenvalue weighted by Gasteiger charge is -2.30. The topological polar surface area (TPSA) is 69.6 Å². The maximum atomic E-state index is 11.9. The van der Waals surface area contributed by atoms with Crippen molar-refractivity contribution in [1.82, 2.24) is 10.2 Å². The summed E-state index contributed by atoms with van der Waals surface area (Å²) in [5, 5.41) is 12.3. The molecule has 0 radical (unpaired) electrons. The molecule has 0 saturated heterocycles. The number of hydrogen-bond acceptors (Lipinski definition) is 3. The largest absolute Gasteiger partial charge is 0.481 e. The molecule has 2 atom stereocenters. The van der Waals surface area contributed by atoms with E-state index in [9.17, 15) is 9.59 Å². The van der Waals surface area contributed by atoms with E-state index in [0.717, 1.165) is 25.0 Å². The summed E-state index contributed by atoms with van der Waals surface area (Å²) in [6, 6.07) is 0.0750. The Morgan fingerprint density at radius 1 is 1.42 bits per heavy atom. The number of carbonyl (C=O) groups is 2. The molecule has 19 heavy (non-hydrogen) atoms. The monoisotopic (exact) mass is 288 g/mol. The van der Waals surface area contributed by atoms with E-state index in [0.29, 0.717) is 5.25 Å². The van der Waals surface area contributed by atoms with Crippen molar-refractivity contribution in [2.45, 2.75) is 50.3 Å². The summed E-state index contributed by atoms with van der Waals surface area (Å²) in [4.78, 5) is 23.8. The van der Waals surface area contributed by atoms with Crippen LogP contribution in [-0.4, -0.2) is 52.6 Å². The molecule has 110 valence electrons. The fourth-order valence-corrected chi connectivity index (χ4v) is 3.49. The highest BCUT2D eigenvalue weighted by molar-refractivity contribution is 7.99. The summed E-state index contributed by atoms with van der Waals surface area (Å²) in [6.45, 7) is 2.41. The van der Waals surface area contributed by atoms with Gasteiger partial charge in [0.05, 0.1) is 6.42 Å². The van der Waals surface area contributed by atoms with E-state index < -0.39 is 5.97 Å². The van der Waals surface area contributed by atoms with Gasteiger partial charge in [-0.05, 0) is 25.0 Å². The van der Waals surface area contributed by atoms with Gasteiger partial charge in [0.2, 0.25) is 0 Å². The van der Waals surface area contributed by atoms with Crippen molar-refractivity contribution in [2.75, 3.05) is 19.3 Å². The molecule has 0 bridgehead atoms. The number of carboxylic acid groups (broad SMARTS) is 1. The zero-order valence-corrected chi connectivity index (χ0v) is 12.5. The van der Waals surface area contributed by atoms with Gasteiger partial charge in [-0.3, -0.25) is 4.79 Å². The van der Waals surface area contributed by atoms with Gasteiger partial charge < -0.3 is 15.3 Å². The summed E-state index contributed by atoms with van der Waals surface area (Å²) in [6.07, 6.45) is 4.43. The van der Waals surface area contributed by atoms with Crippen LogP contribution in [0.25, 0.3) is 0 Å². The van der Waals surface area contributed by atoms with Gasteiger partial charge in [0.1, 0.15) is 0 Å². The average Bonchev–Trinajstić information content (AvgIpc) is 2.36. The fourth-order valence-electron chi connectivity index (χ4n) is 2.31. The Balaban J connectivity index is 2.32. The standard InChI is InChI=1S/C13H24N2O3S/c1-3-19-11-6-4-5-10(9-11)14-13(18)15(2)8-7-12(16)17/h10-11H,3-9H2,1-2H3,(H,14,18)(H,16,17). The van der Waals surface area contributed by atoms with Crippen LogP contribution in [0.1, 0.15) is 39.0 Å². The van der Waals surface area contributed by atoms with Gasteiger partial charge in [-0.25, -0.2) is 4.79 Å². The molecule has 2 unspecified atom stereocenters. The van der Waals surface area contributed by atoms with Crippen molar-refractivity contribution < 1.29 is 14.7 Å². The van der Waals surface area contributed by atoms with Crippen molar-refractivity contribution >= 4 is 23.8 Å². The average molecular weight is 288 g/mol. The number of thioether (sulfide) groups is 1. The maximum Gasteiger partial charge on any atom is 0.317 e. The normalized spacial score (nSPS) is 22.8. The number of aliphatic carboxylic acids is 1. The van der Waals surface area contributed by atoms with Crippen molar-refractivity contribution in [3.8, 4) is 0 Å². The Morgan fingerprint density at radius 3 is 2.79 bits per heavy atom. The van der Waals surface area contributed by atoms with Gasteiger partial charge in [-0.2, -0.15) is 11.8 Å². The predicted molar refractivity (Wildman–Crippen MR) is 77.6 cm³/mol. The molecule has 0 spiro atoms. The second kappa shape index (κ2) is 8.30. The molecule has 0 aliphatic heterocycles. The van der Waals surface area contributed by atoms with Gasteiger partial charge in [0, 0.05) is 24.9 Å². The number of urea groups is 1. The molecule has 0 aromatic rings. The fraction of sp³-hybridized carbons (Fsp3) is 0.846. The number of carbonyl (C=O) groups excluding carboxylic acids is 1. The first-order valence-electron chi connectivity index (χ1n) is 6.88. The van der Waals surface area contributed by atoms with E-state index >= 15 is 0 Å². The third kappa shape index (κ3) is 6.18. The molecule has 5 nitrogen and oxygen atoms in total. The second-order valence-electron chi connectivity index (χ2n) is 4.96. The van der Waals surface area contributed by atoms with Crippen LogP contribution in [0.15, 0.2) is 0 Å². The molecule has 1 fully saturated rings. The lowest BCUT2D eigenvalue weighted by atomic mass is 9.95. The van der Waals surface area contributed by atoms with E-state index in [1.165, 1.54) is 11.3 Å². The first-order valence-corrected chi connectivity index (χ1v) is 7.92. The molecule has 0 heterocycles. The lowest BCUT2D eigenvalue weighted by molar-refractivity contribution is -0.137. The highest BCUT2D eigenvalue weighted by atomic mass is 32.2. The number of hydrogen-bond donors (Lipinski definition) is 2. The van der Waals surface area contributed by atoms with Crippen molar-refractivity contribution in [2.24, 2.45) is 0 Å². The van der Waals surface area contributed by atoms with E-state index in [2.05, 4.69) is 12.2 Å². The molecule has 1 aliphatic rings. The zero-order valence-electron chi connectivity index (χ0n) is 11.7. The third-order valence-corrected chi connectivity index (χ3v) is 4.60. The Labute approximate surface area is 119 Å². The summed E-state index contributed by atoms with van der Waals surface area (Å²) < 4.78 is 0. The van der Waals surface area contributed by atoms with Crippen LogP contribution in [-0.2, 0) is 4.79 Å². The SMILES string of the molecule is CCSC1CCCC(NC(=O)N(C)CCC(=O)O)C1. The Kier molecular flexibility index (Phi) is 7.05. The highest BCUT2D eigenvalue weighted by Gasteiger charge is 2.24. The molecule has 1 aliphatic carbocycles. The van der Waals surface area contributed by atoms with Crippen molar-refractivity contribution in [1.29, 1.82) is 0 Å². The van der Waals surface area contributed by atoms with Crippen molar-refractivity contribution in [3.63, 3.8) is 0 Å². The molecular weight excluding hydrogens is 264 g/mol. The van der Waals surface area contributed by atoms with Crippen LogP contribution in [0, 0.1) is 0 Å². The Bertz CT molecular complexity index is 310. The van der Waals surface area contributed by atoms with Crippen LogP contribution < -0.4 is 5.32 Å². The van der Waals surface area contributed by atoms with E-state index in [1.54, 1.807) is 7.05 Å². The van der Waals surface area contributed by atoms with Crippen LogP contribution >= 0.6 is 11.8 Å². The predicted octanol–water partition coefficient (Wildman–Crippen LogP) is 2.17. The number of carboxylic acids is 1. The van der Waals surface area contributed by atoms with Gasteiger partial charge in [0.15, 0.2) is 0 Å². The van der Waals surface area contributed by atoms with E-state index in [1.807, 2.05) is 11.8 Å². The third-order valence-electron chi connectivity index (χ3n) is 3.36. The van der Waals surface area contributed by atoms with Gasteiger partial charge in [-0.1, -0.05) is 13.3 Å². The summed E-state index contributed by atoms with van der Waals surface area (Å²) in [5.74, 6) is 0.237. The quantitative estimate of drug-likeness (QED) is 0.786. The number of nitrogens with zero attached hydrogens (tertiary/aromatic N) is 1. The van der Waals surface area contributed by atoms with Crippen LogP contribution in [0.4, 0.5) is 4.79 Å². The van der Waals surface area contributed by atoms with Crippen LogP contribution in [0.5, 0.6) is 0 Å². The molecular formula is C13H24N2O3S. The van der Waals surface area contributed by atoms with Crippen molar-refractivity contribution in [3.05, 3.63) is 0 Å².